The summed E-state index contributed by atoms with van der Waals surface area (Å²) in [5.74, 6) is 0. The van der Waals surface area contributed by atoms with Gasteiger partial charge in [-0.15, -0.1) is 0 Å². The molecule has 0 aliphatic heterocycles. The van der Waals surface area contributed by atoms with Crippen molar-refractivity contribution in [2.75, 3.05) is 0 Å². The normalized spacial score (nSPS) is 14.3. The molecule has 0 aliphatic carbocycles. The smallest absolute Gasteiger partial charge is 0.0493 e. The fraction of sp³-hybridized carbons (Fsp3) is 0.778. The third kappa shape index (κ3) is 4.54. The Morgan fingerprint density at radius 2 is 2.20 bits per heavy atom. The van der Waals surface area contributed by atoms with E-state index in [9.17, 15) is 0 Å². The molecule has 1 nitrogen and oxygen atoms in total. The lowest BCUT2D eigenvalue weighted by Gasteiger charge is -2.05. The molecule has 0 aromatic carbocycles. The zero-order valence-corrected chi connectivity index (χ0v) is 7.14. The number of nitrogens with zero attached hydrogens (tertiary/aromatic N) is 1. The van der Waals surface area contributed by atoms with Gasteiger partial charge in [-0.2, -0.15) is 0 Å². The van der Waals surface area contributed by atoms with Gasteiger partial charge in [-0.25, -0.2) is 0 Å². The van der Waals surface area contributed by atoms with Crippen LogP contribution < -0.4 is 0 Å². The van der Waals surface area contributed by atoms with E-state index in [1.807, 2.05) is 6.21 Å². The highest BCUT2D eigenvalue weighted by molar-refractivity contribution is 5.57. The van der Waals surface area contributed by atoms with Gasteiger partial charge in [-0.05, 0) is 32.4 Å². The lowest BCUT2D eigenvalue weighted by Crippen LogP contribution is -2.01. The van der Waals surface area contributed by atoms with E-state index in [1.54, 1.807) is 0 Å². The van der Waals surface area contributed by atoms with Crippen LogP contribution in [0, 0.1) is 6.92 Å². The first kappa shape index (κ1) is 9.67. The van der Waals surface area contributed by atoms with Gasteiger partial charge in [0.2, 0.25) is 0 Å². The minimum atomic E-state index is 0.548. The summed E-state index contributed by atoms with van der Waals surface area (Å²) in [7, 11) is 0. The number of rotatable bonds is 5. The predicted octanol–water partition coefficient (Wildman–Crippen LogP) is 2.86. The highest BCUT2D eigenvalue weighted by Crippen LogP contribution is 2.04. The lowest BCUT2D eigenvalue weighted by molar-refractivity contribution is 0.590. The highest BCUT2D eigenvalue weighted by Gasteiger charge is 1.98. The number of aliphatic imine (C=N–C) groups is 1. The van der Waals surface area contributed by atoms with Crippen molar-refractivity contribution in [3.63, 3.8) is 0 Å². The molecular formula is C9H18N. The molecule has 0 spiro atoms. The van der Waals surface area contributed by atoms with Crippen molar-refractivity contribution in [2.45, 2.75) is 45.6 Å². The Hall–Kier alpha value is -0.330. The van der Waals surface area contributed by atoms with Crippen LogP contribution in [0.1, 0.15) is 39.5 Å². The summed E-state index contributed by atoms with van der Waals surface area (Å²) in [6, 6.07) is 0.548. The van der Waals surface area contributed by atoms with Crippen molar-refractivity contribution in [3.05, 3.63) is 6.92 Å². The maximum atomic E-state index is 4.36. The highest BCUT2D eigenvalue weighted by atomic mass is 14.8. The van der Waals surface area contributed by atoms with Gasteiger partial charge < -0.3 is 0 Å². The van der Waals surface area contributed by atoms with Gasteiger partial charge in [0.25, 0.3) is 0 Å². The molecule has 1 heteroatoms. The molecule has 0 aromatic heterocycles. The first-order valence-electron chi connectivity index (χ1n) is 4.16. The van der Waals surface area contributed by atoms with Crippen LogP contribution in [0.15, 0.2) is 4.99 Å². The molecule has 0 heterocycles. The molecule has 1 atom stereocenters. The van der Waals surface area contributed by atoms with Gasteiger partial charge in [-0.1, -0.05) is 20.3 Å². The van der Waals surface area contributed by atoms with E-state index in [4.69, 9.17) is 0 Å². The summed E-state index contributed by atoms with van der Waals surface area (Å²) in [5, 5.41) is 0. The molecule has 59 valence electrons. The summed E-state index contributed by atoms with van der Waals surface area (Å²) in [5.41, 5.74) is 0. The standard InChI is InChI=1S/C9H18N/c1-4-7-9(6-3)10-8-5-2/h8-9H,2,4-7H2,1,3H3. The molecule has 0 aliphatic rings. The quantitative estimate of drug-likeness (QED) is 0.521. The van der Waals surface area contributed by atoms with Crippen LogP contribution in [0.2, 0.25) is 0 Å². The zero-order chi connectivity index (χ0) is 7.82. The second kappa shape index (κ2) is 6.79. The maximum absolute atomic E-state index is 4.36. The molecule has 0 amide bonds. The molecule has 0 aromatic rings. The zero-order valence-electron chi connectivity index (χ0n) is 7.14. The number of hydrogen-bond acceptors (Lipinski definition) is 1. The Bertz CT molecular complexity index is 86.7. The first-order valence-corrected chi connectivity index (χ1v) is 4.16. The topological polar surface area (TPSA) is 12.4 Å². The largest absolute Gasteiger partial charge is 0.294 e. The second-order valence-electron chi connectivity index (χ2n) is 2.47. The van der Waals surface area contributed by atoms with Gasteiger partial charge in [0.1, 0.15) is 0 Å². The van der Waals surface area contributed by atoms with E-state index >= 15 is 0 Å². The van der Waals surface area contributed by atoms with Crippen molar-refractivity contribution >= 4 is 6.21 Å². The van der Waals surface area contributed by atoms with E-state index < -0.39 is 0 Å². The molecule has 1 unspecified atom stereocenters. The van der Waals surface area contributed by atoms with E-state index in [0.717, 1.165) is 12.8 Å². The van der Waals surface area contributed by atoms with E-state index in [-0.39, 0.29) is 0 Å². The van der Waals surface area contributed by atoms with Crippen LogP contribution in [0.4, 0.5) is 0 Å². The summed E-state index contributed by atoms with van der Waals surface area (Å²) in [6.07, 6.45) is 6.34. The lowest BCUT2D eigenvalue weighted by atomic mass is 10.1. The van der Waals surface area contributed by atoms with Gasteiger partial charge >= 0.3 is 0 Å². The Morgan fingerprint density at radius 1 is 1.50 bits per heavy atom. The molecule has 0 saturated carbocycles. The predicted molar refractivity (Wildman–Crippen MR) is 47.5 cm³/mol. The van der Waals surface area contributed by atoms with Crippen molar-refractivity contribution in [2.24, 2.45) is 4.99 Å². The molecular weight excluding hydrogens is 122 g/mol. The van der Waals surface area contributed by atoms with E-state index in [2.05, 4.69) is 25.8 Å². The monoisotopic (exact) mass is 140 g/mol. The molecule has 0 fully saturated rings. The van der Waals surface area contributed by atoms with E-state index in [1.165, 1.54) is 12.8 Å². The van der Waals surface area contributed by atoms with Gasteiger partial charge in [0.05, 0.1) is 0 Å². The molecule has 1 radical (unpaired) electrons. The Labute approximate surface area is 64.6 Å². The van der Waals surface area contributed by atoms with Crippen molar-refractivity contribution in [1.29, 1.82) is 0 Å². The minimum Gasteiger partial charge on any atom is -0.294 e. The molecule has 0 saturated heterocycles. The summed E-state index contributed by atoms with van der Waals surface area (Å²) < 4.78 is 0. The van der Waals surface area contributed by atoms with Crippen LogP contribution in [-0.4, -0.2) is 12.3 Å². The van der Waals surface area contributed by atoms with Crippen molar-refractivity contribution in [1.82, 2.24) is 0 Å². The van der Waals surface area contributed by atoms with Gasteiger partial charge in [0.15, 0.2) is 0 Å². The molecule has 0 N–H and O–H groups in total. The van der Waals surface area contributed by atoms with Crippen LogP contribution in [0.3, 0.4) is 0 Å². The molecule has 0 bridgehead atoms. The Kier molecular flexibility index (Phi) is 6.56. The minimum absolute atomic E-state index is 0.548. The van der Waals surface area contributed by atoms with Crippen LogP contribution in [-0.2, 0) is 0 Å². The number of hydrogen-bond donors (Lipinski definition) is 0. The van der Waals surface area contributed by atoms with Crippen LogP contribution >= 0.6 is 0 Å². The average molecular weight is 140 g/mol. The molecule has 10 heavy (non-hydrogen) atoms. The maximum Gasteiger partial charge on any atom is 0.0493 e. The van der Waals surface area contributed by atoms with Crippen LogP contribution in [0.25, 0.3) is 0 Å². The summed E-state index contributed by atoms with van der Waals surface area (Å²) >= 11 is 0. The summed E-state index contributed by atoms with van der Waals surface area (Å²) in [4.78, 5) is 4.36. The molecule has 0 rings (SSSR count). The third-order valence-corrected chi connectivity index (χ3v) is 1.54. The SMILES string of the molecule is [CH2]CC=NC(CC)CCC. The Morgan fingerprint density at radius 3 is 2.60 bits per heavy atom. The van der Waals surface area contributed by atoms with E-state index in [0.29, 0.717) is 6.04 Å². The second-order valence-corrected chi connectivity index (χ2v) is 2.47. The van der Waals surface area contributed by atoms with Crippen molar-refractivity contribution < 1.29 is 0 Å². The first-order chi connectivity index (χ1) is 4.85. The fourth-order valence-electron chi connectivity index (χ4n) is 0.941. The third-order valence-electron chi connectivity index (χ3n) is 1.54. The fourth-order valence-corrected chi connectivity index (χ4v) is 0.941. The van der Waals surface area contributed by atoms with Crippen LogP contribution in [0.5, 0.6) is 0 Å². The van der Waals surface area contributed by atoms with Crippen molar-refractivity contribution in [3.8, 4) is 0 Å². The van der Waals surface area contributed by atoms with Gasteiger partial charge in [0, 0.05) is 6.04 Å². The average Bonchev–Trinajstić information content (AvgIpc) is 1.98. The van der Waals surface area contributed by atoms with Gasteiger partial charge in [-0.3, -0.25) is 4.99 Å². The Balaban J connectivity index is 3.48. The summed E-state index contributed by atoms with van der Waals surface area (Å²) in [6.45, 7) is 8.08.